The van der Waals surface area contributed by atoms with Crippen LogP contribution >= 0.6 is 0 Å². The van der Waals surface area contributed by atoms with Gasteiger partial charge in [0.25, 0.3) is 0 Å². The van der Waals surface area contributed by atoms with Crippen LogP contribution in [-0.4, -0.2) is 5.54 Å². The van der Waals surface area contributed by atoms with Gasteiger partial charge in [-0.05, 0) is 43.5 Å². The van der Waals surface area contributed by atoms with Gasteiger partial charge in [0.15, 0.2) is 0 Å². The van der Waals surface area contributed by atoms with Crippen molar-refractivity contribution in [3.63, 3.8) is 0 Å². The summed E-state index contributed by atoms with van der Waals surface area (Å²) in [6.07, 6.45) is 2.92. The average Bonchev–Trinajstić information content (AvgIpc) is 2.24. The maximum absolute atomic E-state index is 9.03. The van der Waals surface area contributed by atoms with Gasteiger partial charge in [-0.3, -0.25) is 0 Å². The Kier molecular flexibility index (Phi) is 2.31. The van der Waals surface area contributed by atoms with Gasteiger partial charge < -0.3 is 5.32 Å². The summed E-state index contributed by atoms with van der Waals surface area (Å²) in [6, 6.07) is 11.6. The van der Waals surface area contributed by atoms with E-state index >= 15 is 0 Å². The van der Waals surface area contributed by atoms with E-state index in [1.165, 1.54) is 0 Å². The van der Waals surface area contributed by atoms with Crippen molar-refractivity contribution < 1.29 is 0 Å². The van der Waals surface area contributed by atoms with Gasteiger partial charge >= 0.3 is 0 Å². The third kappa shape index (κ3) is 1.78. The fourth-order valence-electron chi connectivity index (χ4n) is 1.70. The molecule has 3 heteroatoms. The minimum atomic E-state index is -0.367. The lowest BCUT2D eigenvalue weighted by Crippen LogP contribution is -2.43. The Balaban J connectivity index is 2.12. The molecule has 0 atom stereocenters. The largest absolute Gasteiger partial charge is 0.367 e. The molecule has 0 unspecified atom stereocenters. The lowest BCUT2D eigenvalue weighted by Gasteiger charge is -2.36. The van der Waals surface area contributed by atoms with E-state index in [4.69, 9.17) is 10.5 Å². The second kappa shape index (κ2) is 3.63. The van der Waals surface area contributed by atoms with Crippen molar-refractivity contribution in [2.45, 2.75) is 24.8 Å². The topological polar surface area (TPSA) is 59.6 Å². The van der Waals surface area contributed by atoms with Crippen molar-refractivity contribution in [3.8, 4) is 12.1 Å². The van der Waals surface area contributed by atoms with Crippen molar-refractivity contribution in [1.82, 2.24) is 0 Å². The number of benzene rings is 1. The van der Waals surface area contributed by atoms with Crippen LogP contribution < -0.4 is 5.32 Å². The smallest absolute Gasteiger partial charge is 0.125 e. The Bertz CT molecular complexity index is 429. The van der Waals surface area contributed by atoms with E-state index in [-0.39, 0.29) is 5.54 Å². The number of hydrogen-bond donors (Lipinski definition) is 1. The Morgan fingerprint density at radius 1 is 1.13 bits per heavy atom. The monoisotopic (exact) mass is 197 g/mol. The molecule has 0 radical (unpaired) electrons. The first-order valence-corrected chi connectivity index (χ1v) is 4.98. The van der Waals surface area contributed by atoms with Crippen LogP contribution in [0.2, 0.25) is 0 Å². The van der Waals surface area contributed by atoms with Crippen molar-refractivity contribution in [3.05, 3.63) is 29.8 Å². The molecule has 1 aromatic rings. The number of nitrogens with one attached hydrogen (secondary N) is 1. The van der Waals surface area contributed by atoms with E-state index in [0.717, 1.165) is 24.9 Å². The normalized spacial score (nSPS) is 16.9. The summed E-state index contributed by atoms with van der Waals surface area (Å²) in [5.74, 6) is 0. The van der Waals surface area contributed by atoms with Gasteiger partial charge in [-0.1, -0.05) is 0 Å². The highest BCUT2D eigenvalue weighted by atomic mass is 15.0. The van der Waals surface area contributed by atoms with Crippen molar-refractivity contribution in [2.24, 2.45) is 0 Å². The van der Waals surface area contributed by atoms with Gasteiger partial charge in [-0.25, -0.2) is 0 Å². The summed E-state index contributed by atoms with van der Waals surface area (Å²) in [7, 11) is 0. The van der Waals surface area contributed by atoms with Crippen LogP contribution in [0.3, 0.4) is 0 Å². The highest BCUT2D eigenvalue weighted by Crippen LogP contribution is 2.34. The van der Waals surface area contributed by atoms with E-state index in [2.05, 4.69) is 17.5 Å². The fraction of sp³-hybridized carbons (Fsp3) is 0.333. The van der Waals surface area contributed by atoms with E-state index in [9.17, 15) is 0 Å². The molecule has 0 aromatic heterocycles. The summed E-state index contributed by atoms with van der Waals surface area (Å²) in [5, 5.41) is 20.9. The molecule has 1 saturated carbocycles. The molecule has 15 heavy (non-hydrogen) atoms. The van der Waals surface area contributed by atoms with E-state index in [0.29, 0.717) is 5.56 Å². The minimum absolute atomic E-state index is 0.367. The third-order valence-corrected chi connectivity index (χ3v) is 2.82. The molecule has 0 aliphatic heterocycles. The van der Waals surface area contributed by atoms with Gasteiger partial charge in [-0.2, -0.15) is 10.5 Å². The second-order valence-electron chi connectivity index (χ2n) is 3.86. The van der Waals surface area contributed by atoms with Gasteiger partial charge in [-0.15, -0.1) is 0 Å². The number of anilines is 1. The number of hydrogen-bond acceptors (Lipinski definition) is 3. The van der Waals surface area contributed by atoms with Crippen LogP contribution in [-0.2, 0) is 0 Å². The summed E-state index contributed by atoms with van der Waals surface area (Å²) >= 11 is 0. The van der Waals surface area contributed by atoms with Crippen molar-refractivity contribution >= 4 is 5.69 Å². The summed E-state index contributed by atoms with van der Waals surface area (Å²) in [4.78, 5) is 0. The number of nitriles is 2. The van der Waals surface area contributed by atoms with E-state index < -0.39 is 0 Å². The van der Waals surface area contributed by atoms with Gasteiger partial charge in [0.05, 0.1) is 17.7 Å². The number of rotatable bonds is 2. The van der Waals surface area contributed by atoms with Gasteiger partial charge in [0.1, 0.15) is 5.54 Å². The zero-order valence-corrected chi connectivity index (χ0v) is 8.33. The quantitative estimate of drug-likeness (QED) is 0.792. The van der Waals surface area contributed by atoms with Gasteiger partial charge in [0, 0.05) is 5.69 Å². The van der Waals surface area contributed by atoms with Crippen LogP contribution in [0, 0.1) is 22.7 Å². The Morgan fingerprint density at radius 3 is 2.20 bits per heavy atom. The average molecular weight is 197 g/mol. The molecule has 1 N–H and O–H groups in total. The molecular formula is C12H11N3. The maximum Gasteiger partial charge on any atom is 0.125 e. The zero-order valence-electron chi connectivity index (χ0n) is 8.33. The molecule has 1 aromatic carbocycles. The maximum atomic E-state index is 9.03. The lowest BCUT2D eigenvalue weighted by molar-refractivity contribution is 0.356. The molecule has 3 nitrogen and oxygen atoms in total. The third-order valence-electron chi connectivity index (χ3n) is 2.82. The molecule has 1 aliphatic rings. The van der Waals surface area contributed by atoms with E-state index in [1.54, 1.807) is 12.1 Å². The molecule has 0 saturated heterocycles. The Labute approximate surface area is 89.0 Å². The highest BCUT2D eigenvalue weighted by Gasteiger charge is 2.36. The summed E-state index contributed by atoms with van der Waals surface area (Å²) < 4.78 is 0. The first-order chi connectivity index (χ1) is 7.28. The molecule has 74 valence electrons. The molecule has 1 aliphatic carbocycles. The zero-order chi connectivity index (χ0) is 10.7. The molecule has 0 bridgehead atoms. The van der Waals surface area contributed by atoms with Gasteiger partial charge in [0.2, 0.25) is 0 Å². The molecule has 1 fully saturated rings. The molecular weight excluding hydrogens is 186 g/mol. The Morgan fingerprint density at radius 2 is 1.80 bits per heavy atom. The van der Waals surface area contributed by atoms with E-state index in [1.807, 2.05) is 12.1 Å². The lowest BCUT2D eigenvalue weighted by atomic mass is 9.78. The number of nitrogens with zero attached hydrogens (tertiary/aromatic N) is 2. The fourth-order valence-corrected chi connectivity index (χ4v) is 1.70. The SMILES string of the molecule is N#Cc1ccc(NC2(C#N)CCC2)cc1. The Hall–Kier alpha value is -2.00. The van der Waals surface area contributed by atoms with Crippen LogP contribution in [0.5, 0.6) is 0 Å². The predicted octanol–water partition coefficient (Wildman–Crippen LogP) is 2.42. The molecule has 0 amide bonds. The predicted molar refractivity (Wildman–Crippen MR) is 57.0 cm³/mol. The van der Waals surface area contributed by atoms with Crippen molar-refractivity contribution in [1.29, 1.82) is 10.5 Å². The summed E-state index contributed by atoms with van der Waals surface area (Å²) in [6.45, 7) is 0. The second-order valence-corrected chi connectivity index (χ2v) is 3.86. The van der Waals surface area contributed by atoms with Crippen LogP contribution in [0.1, 0.15) is 24.8 Å². The molecule has 2 rings (SSSR count). The van der Waals surface area contributed by atoms with Crippen molar-refractivity contribution in [2.75, 3.05) is 5.32 Å². The highest BCUT2D eigenvalue weighted by molar-refractivity contribution is 5.51. The first-order valence-electron chi connectivity index (χ1n) is 4.98. The molecule has 0 heterocycles. The minimum Gasteiger partial charge on any atom is -0.367 e. The first kappa shape index (κ1) is 9.55. The van der Waals surface area contributed by atoms with Crippen LogP contribution in [0.4, 0.5) is 5.69 Å². The summed E-state index contributed by atoms with van der Waals surface area (Å²) in [5.41, 5.74) is 1.18. The van der Waals surface area contributed by atoms with Crippen LogP contribution in [0.15, 0.2) is 24.3 Å². The molecule has 0 spiro atoms. The standard InChI is InChI=1S/C12H11N3/c13-8-10-2-4-11(5-3-10)15-12(9-14)6-1-7-12/h2-5,15H,1,6-7H2. The van der Waals surface area contributed by atoms with Crippen LogP contribution in [0.25, 0.3) is 0 Å².